The molecule has 3 rings (SSSR count). The molecule has 2 aromatic rings. The number of sulfone groups is 1. The molecule has 0 aliphatic carbocycles. The van der Waals surface area contributed by atoms with Crippen molar-refractivity contribution in [2.75, 3.05) is 18.6 Å². The van der Waals surface area contributed by atoms with E-state index in [2.05, 4.69) is 4.98 Å². The van der Waals surface area contributed by atoms with E-state index in [4.69, 9.17) is 0 Å². The van der Waals surface area contributed by atoms with Crippen LogP contribution in [0.3, 0.4) is 0 Å². The first-order valence-corrected chi connectivity index (χ1v) is 9.08. The molecule has 0 aromatic carbocycles. The number of aromatic nitrogens is 2. The summed E-state index contributed by atoms with van der Waals surface area (Å²) in [7, 11) is -1.30. The van der Waals surface area contributed by atoms with E-state index in [1.165, 1.54) is 0 Å². The van der Waals surface area contributed by atoms with Gasteiger partial charge < -0.3 is 9.30 Å². The minimum atomic E-state index is -2.99. The molecule has 1 aliphatic rings. The Balaban J connectivity index is 1.80. The first-order valence-electron chi connectivity index (χ1n) is 7.26. The normalized spacial score (nSPS) is 20.4. The first-order chi connectivity index (χ1) is 10.4. The van der Waals surface area contributed by atoms with Crippen molar-refractivity contribution in [1.82, 2.24) is 14.3 Å². The number of hydrogen-bond donors (Lipinski definition) is 0. The molecule has 1 amide bonds. The van der Waals surface area contributed by atoms with Gasteiger partial charge in [-0.1, -0.05) is 6.07 Å². The molecule has 1 saturated heterocycles. The molecule has 0 N–H and O–H groups in total. The van der Waals surface area contributed by atoms with E-state index < -0.39 is 9.84 Å². The quantitative estimate of drug-likeness (QED) is 0.839. The summed E-state index contributed by atoms with van der Waals surface area (Å²) < 4.78 is 25.0. The third kappa shape index (κ3) is 2.72. The third-order valence-corrected chi connectivity index (χ3v) is 6.05. The van der Waals surface area contributed by atoms with Gasteiger partial charge in [0, 0.05) is 19.3 Å². The Labute approximate surface area is 129 Å². The van der Waals surface area contributed by atoms with Crippen molar-refractivity contribution in [3.05, 3.63) is 35.8 Å². The highest BCUT2D eigenvalue weighted by Crippen LogP contribution is 2.19. The number of carbonyl (C=O) groups excluding carboxylic acids is 1. The molecule has 1 aliphatic heterocycles. The van der Waals surface area contributed by atoms with Crippen LogP contribution in [0.15, 0.2) is 24.4 Å². The van der Waals surface area contributed by atoms with Gasteiger partial charge in [-0.05, 0) is 25.5 Å². The number of pyridine rings is 1. The molecule has 118 valence electrons. The van der Waals surface area contributed by atoms with Crippen molar-refractivity contribution >= 4 is 21.4 Å². The molecule has 3 heterocycles. The van der Waals surface area contributed by atoms with Crippen molar-refractivity contribution in [2.45, 2.75) is 25.8 Å². The molecule has 1 atom stereocenters. The molecule has 0 radical (unpaired) electrons. The Kier molecular flexibility index (Phi) is 3.68. The summed E-state index contributed by atoms with van der Waals surface area (Å²) in [6, 6.07) is 5.49. The Morgan fingerprint density at radius 1 is 1.45 bits per heavy atom. The lowest BCUT2D eigenvalue weighted by Gasteiger charge is -2.23. The molecule has 7 heteroatoms. The smallest absolute Gasteiger partial charge is 0.228 e. The number of imidazole rings is 1. The molecular formula is C15H19N3O3S. The van der Waals surface area contributed by atoms with Gasteiger partial charge >= 0.3 is 0 Å². The fraction of sp³-hybridized carbons (Fsp3) is 0.467. The summed E-state index contributed by atoms with van der Waals surface area (Å²) >= 11 is 0. The van der Waals surface area contributed by atoms with Gasteiger partial charge in [-0.15, -0.1) is 0 Å². The van der Waals surface area contributed by atoms with E-state index in [0.29, 0.717) is 6.42 Å². The number of hydrogen-bond acceptors (Lipinski definition) is 4. The maximum Gasteiger partial charge on any atom is 0.228 e. The molecule has 0 saturated carbocycles. The molecule has 6 nitrogen and oxygen atoms in total. The van der Waals surface area contributed by atoms with Crippen molar-refractivity contribution in [3.63, 3.8) is 0 Å². The number of carbonyl (C=O) groups is 1. The van der Waals surface area contributed by atoms with Gasteiger partial charge in [-0.2, -0.15) is 0 Å². The average Bonchev–Trinajstić information content (AvgIpc) is 2.98. The number of fused-ring (bicyclic) bond motifs is 1. The minimum Gasteiger partial charge on any atom is -0.341 e. The van der Waals surface area contributed by atoms with Crippen LogP contribution in [0, 0.1) is 6.92 Å². The Hall–Kier alpha value is -1.89. The van der Waals surface area contributed by atoms with Gasteiger partial charge in [0.2, 0.25) is 5.91 Å². The van der Waals surface area contributed by atoms with Gasteiger partial charge in [0.1, 0.15) is 5.65 Å². The van der Waals surface area contributed by atoms with E-state index in [9.17, 15) is 13.2 Å². The van der Waals surface area contributed by atoms with E-state index >= 15 is 0 Å². The summed E-state index contributed by atoms with van der Waals surface area (Å²) in [6.45, 7) is 1.88. The Morgan fingerprint density at radius 3 is 2.91 bits per heavy atom. The molecule has 0 bridgehead atoms. The van der Waals surface area contributed by atoms with Crippen LogP contribution in [-0.2, 0) is 21.1 Å². The van der Waals surface area contributed by atoms with Gasteiger partial charge in [0.05, 0.1) is 29.3 Å². The van der Waals surface area contributed by atoms with Crippen LogP contribution < -0.4 is 0 Å². The molecule has 1 fully saturated rings. The van der Waals surface area contributed by atoms with Crippen molar-refractivity contribution in [2.24, 2.45) is 0 Å². The third-order valence-electron chi connectivity index (χ3n) is 4.30. The lowest BCUT2D eigenvalue weighted by molar-refractivity contribution is -0.130. The molecule has 0 spiro atoms. The van der Waals surface area contributed by atoms with E-state index in [0.717, 1.165) is 17.0 Å². The van der Waals surface area contributed by atoms with Crippen LogP contribution in [0.5, 0.6) is 0 Å². The van der Waals surface area contributed by atoms with Gasteiger partial charge in [0.25, 0.3) is 0 Å². The standard InChI is InChI=1S/C15H19N3O3S/c1-11-13(18-7-4-3-5-14(18)16-11)9-15(19)17(2)12-6-8-22(20,21)10-12/h3-5,7,12H,6,8-10H2,1-2H3/t12-/m1/s1. The summed E-state index contributed by atoms with van der Waals surface area (Å²) in [4.78, 5) is 18.5. The summed E-state index contributed by atoms with van der Waals surface area (Å²) in [5.41, 5.74) is 2.49. The van der Waals surface area contributed by atoms with Crippen molar-refractivity contribution < 1.29 is 13.2 Å². The van der Waals surface area contributed by atoms with Crippen LogP contribution in [-0.4, -0.2) is 53.2 Å². The predicted molar refractivity (Wildman–Crippen MR) is 83.5 cm³/mol. The second kappa shape index (κ2) is 5.39. The Morgan fingerprint density at radius 2 is 2.23 bits per heavy atom. The summed E-state index contributed by atoms with van der Waals surface area (Å²) in [5.74, 6) is 0.168. The molecular weight excluding hydrogens is 302 g/mol. The Bertz CT molecular complexity index is 826. The zero-order valence-electron chi connectivity index (χ0n) is 12.7. The number of rotatable bonds is 3. The maximum absolute atomic E-state index is 12.5. The second-order valence-corrected chi connectivity index (χ2v) is 8.04. The number of amides is 1. The van der Waals surface area contributed by atoms with Crippen LogP contribution in [0.2, 0.25) is 0 Å². The zero-order valence-corrected chi connectivity index (χ0v) is 13.5. The second-order valence-electron chi connectivity index (χ2n) is 5.81. The van der Waals surface area contributed by atoms with Crippen LogP contribution >= 0.6 is 0 Å². The van der Waals surface area contributed by atoms with Gasteiger partial charge in [-0.25, -0.2) is 13.4 Å². The van der Waals surface area contributed by atoms with Crippen LogP contribution in [0.25, 0.3) is 5.65 Å². The largest absolute Gasteiger partial charge is 0.341 e. The summed E-state index contributed by atoms with van der Waals surface area (Å²) in [5, 5.41) is 0. The monoisotopic (exact) mass is 321 g/mol. The van der Waals surface area contributed by atoms with Gasteiger partial charge in [-0.3, -0.25) is 4.79 Å². The predicted octanol–water partition coefficient (Wildman–Crippen LogP) is 0.831. The fourth-order valence-electron chi connectivity index (χ4n) is 2.93. The maximum atomic E-state index is 12.5. The van der Waals surface area contributed by atoms with Crippen LogP contribution in [0.4, 0.5) is 0 Å². The molecule has 0 unspecified atom stereocenters. The lowest BCUT2D eigenvalue weighted by atomic mass is 10.2. The number of likely N-dealkylation sites (N-methyl/N-ethyl adjacent to an activating group) is 1. The van der Waals surface area contributed by atoms with Crippen LogP contribution in [0.1, 0.15) is 17.8 Å². The summed E-state index contributed by atoms with van der Waals surface area (Å²) in [6.07, 6.45) is 2.64. The minimum absolute atomic E-state index is 0.0708. The first kappa shape index (κ1) is 15.0. The van der Waals surface area contributed by atoms with Crippen molar-refractivity contribution in [3.8, 4) is 0 Å². The number of aryl methyl sites for hydroxylation is 1. The molecule has 22 heavy (non-hydrogen) atoms. The lowest BCUT2D eigenvalue weighted by Crippen LogP contribution is -2.39. The zero-order chi connectivity index (χ0) is 15.9. The van der Waals surface area contributed by atoms with E-state index in [1.807, 2.05) is 35.7 Å². The highest BCUT2D eigenvalue weighted by Gasteiger charge is 2.33. The number of nitrogens with zero attached hydrogens (tertiary/aromatic N) is 3. The van der Waals surface area contributed by atoms with E-state index in [-0.39, 0.29) is 29.9 Å². The van der Waals surface area contributed by atoms with Crippen molar-refractivity contribution in [1.29, 1.82) is 0 Å². The van der Waals surface area contributed by atoms with E-state index in [1.54, 1.807) is 11.9 Å². The SMILES string of the molecule is Cc1nc2ccccn2c1CC(=O)N(C)[C@@H]1CCS(=O)(=O)C1. The molecule has 2 aromatic heterocycles. The topological polar surface area (TPSA) is 71.8 Å². The highest BCUT2D eigenvalue weighted by molar-refractivity contribution is 7.91. The highest BCUT2D eigenvalue weighted by atomic mass is 32.2. The van der Waals surface area contributed by atoms with Gasteiger partial charge in [0.15, 0.2) is 9.84 Å². The fourth-order valence-corrected chi connectivity index (χ4v) is 4.70. The average molecular weight is 321 g/mol.